The van der Waals surface area contributed by atoms with Crippen molar-refractivity contribution in [2.45, 2.75) is 19.9 Å². The molecule has 2 N–H and O–H groups in total. The van der Waals surface area contributed by atoms with Gasteiger partial charge >= 0.3 is 0 Å². The Kier molecular flexibility index (Phi) is 6.14. The standard InChI is InChI=1S/C17H26N2O3.ClH/c1-17(2,12-20)16(19-8-6-18-7-9-19)13-4-3-5-14-15(13)22-11-10-21-14;/h3-5,16,18,20H,6-12H2,1-2H3;1H/t16-;/m0./s1. The van der Waals surface area contributed by atoms with E-state index in [1.807, 2.05) is 12.1 Å². The van der Waals surface area contributed by atoms with Crippen LogP contribution < -0.4 is 14.8 Å². The second-order valence-electron chi connectivity index (χ2n) is 6.71. The minimum Gasteiger partial charge on any atom is -0.486 e. The molecule has 3 rings (SSSR count). The Balaban J connectivity index is 0.00000192. The number of hydrogen-bond acceptors (Lipinski definition) is 5. The number of halogens is 1. The van der Waals surface area contributed by atoms with Crippen LogP contribution in [0.4, 0.5) is 0 Å². The smallest absolute Gasteiger partial charge is 0.166 e. The van der Waals surface area contributed by atoms with Crippen molar-refractivity contribution in [3.63, 3.8) is 0 Å². The van der Waals surface area contributed by atoms with Gasteiger partial charge in [-0.3, -0.25) is 4.90 Å². The van der Waals surface area contributed by atoms with Crippen molar-refractivity contribution in [3.8, 4) is 11.5 Å². The highest BCUT2D eigenvalue weighted by atomic mass is 35.5. The van der Waals surface area contributed by atoms with Crippen molar-refractivity contribution < 1.29 is 14.6 Å². The fraction of sp³-hybridized carbons (Fsp3) is 0.647. The molecule has 130 valence electrons. The van der Waals surface area contributed by atoms with Crippen LogP contribution >= 0.6 is 12.4 Å². The first-order valence-corrected chi connectivity index (χ1v) is 8.07. The summed E-state index contributed by atoms with van der Waals surface area (Å²) in [5, 5.41) is 13.3. The van der Waals surface area contributed by atoms with Crippen LogP contribution in [0, 0.1) is 5.41 Å². The van der Waals surface area contributed by atoms with Gasteiger partial charge in [0.15, 0.2) is 11.5 Å². The number of rotatable bonds is 4. The summed E-state index contributed by atoms with van der Waals surface area (Å²) < 4.78 is 11.6. The van der Waals surface area contributed by atoms with E-state index >= 15 is 0 Å². The molecule has 23 heavy (non-hydrogen) atoms. The molecule has 0 bridgehead atoms. The van der Waals surface area contributed by atoms with E-state index in [0.717, 1.165) is 43.2 Å². The fourth-order valence-electron chi connectivity index (χ4n) is 3.45. The van der Waals surface area contributed by atoms with Crippen molar-refractivity contribution in [1.29, 1.82) is 0 Å². The number of fused-ring (bicyclic) bond motifs is 1. The van der Waals surface area contributed by atoms with Crippen molar-refractivity contribution in [2.75, 3.05) is 46.0 Å². The third-order valence-electron chi connectivity index (χ3n) is 4.56. The molecule has 1 fully saturated rings. The molecule has 0 aliphatic carbocycles. The fourth-order valence-corrected chi connectivity index (χ4v) is 3.45. The number of aliphatic hydroxyl groups excluding tert-OH is 1. The molecule has 1 aromatic rings. The molecule has 1 saturated heterocycles. The van der Waals surface area contributed by atoms with Gasteiger partial charge < -0.3 is 19.9 Å². The van der Waals surface area contributed by atoms with Crippen molar-refractivity contribution in [2.24, 2.45) is 5.41 Å². The minimum absolute atomic E-state index is 0. The van der Waals surface area contributed by atoms with Gasteiger partial charge in [0.1, 0.15) is 13.2 Å². The predicted molar refractivity (Wildman–Crippen MR) is 92.7 cm³/mol. The molecule has 2 heterocycles. The second kappa shape index (κ2) is 7.71. The molecular formula is C17H27ClN2O3. The maximum atomic E-state index is 9.95. The maximum absolute atomic E-state index is 9.95. The topological polar surface area (TPSA) is 54.0 Å². The van der Waals surface area contributed by atoms with Crippen LogP contribution in [0.5, 0.6) is 11.5 Å². The third kappa shape index (κ3) is 3.74. The van der Waals surface area contributed by atoms with E-state index in [1.54, 1.807) is 0 Å². The zero-order chi connectivity index (χ0) is 15.6. The molecule has 0 radical (unpaired) electrons. The van der Waals surface area contributed by atoms with Crippen LogP contribution in [0.15, 0.2) is 18.2 Å². The third-order valence-corrected chi connectivity index (χ3v) is 4.56. The maximum Gasteiger partial charge on any atom is 0.166 e. The van der Waals surface area contributed by atoms with Gasteiger partial charge in [-0.2, -0.15) is 0 Å². The lowest BCUT2D eigenvalue weighted by molar-refractivity contribution is 0.0277. The number of para-hydroxylation sites is 1. The summed E-state index contributed by atoms with van der Waals surface area (Å²) >= 11 is 0. The molecule has 0 unspecified atom stereocenters. The molecule has 6 heteroatoms. The molecule has 1 atom stereocenters. The van der Waals surface area contributed by atoms with Gasteiger partial charge in [0, 0.05) is 49.8 Å². The van der Waals surface area contributed by atoms with E-state index in [1.165, 1.54) is 0 Å². The second-order valence-corrected chi connectivity index (χ2v) is 6.71. The zero-order valence-corrected chi connectivity index (χ0v) is 14.7. The molecular weight excluding hydrogens is 316 g/mol. The molecule has 0 amide bonds. The lowest BCUT2D eigenvalue weighted by Gasteiger charge is -2.44. The van der Waals surface area contributed by atoms with Crippen LogP contribution in [-0.4, -0.2) is 56.0 Å². The van der Waals surface area contributed by atoms with E-state index in [0.29, 0.717) is 13.2 Å². The van der Waals surface area contributed by atoms with Gasteiger partial charge in [0.05, 0.1) is 0 Å². The number of ether oxygens (including phenoxy) is 2. The summed E-state index contributed by atoms with van der Waals surface area (Å²) in [6.45, 7) is 9.43. The number of benzene rings is 1. The first kappa shape index (κ1) is 18.3. The Morgan fingerprint density at radius 3 is 2.61 bits per heavy atom. The first-order valence-electron chi connectivity index (χ1n) is 8.07. The Bertz CT molecular complexity index is 519. The van der Waals surface area contributed by atoms with Gasteiger partial charge in [-0.25, -0.2) is 0 Å². The van der Waals surface area contributed by atoms with Crippen LogP contribution in [0.1, 0.15) is 25.5 Å². The zero-order valence-electron chi connectivity index (χ0n) is 13.9. The van der Waals surface area contributed by atoms with E-state index in [9.17, 15) is 5.11 Å². The minimum atomic E-state index is -0.257. The molecule has 5 nitrogen and oxygen atoms in total. The van der Waals surface area contributed by atoms with Crippen LogP contribution in [0.2, 0.25) is 0 Å². The van der Waals surface area contributed by atoms with Gasteiger partial charge in [0.25, 0.3) is 0 Å². The molecule has 0 spiro atoms. The number of nitrogens with zero attached hydrogens (tertiary/aromatic N) is 1. The Hall–Kier alpha value is -1.01. The average Bonchev–Trinajstić information content (AvgIpc) is 2.56. The van der Waals surface area contributed by atoms with E-state index in [4.69, 9.17) is 9.47 Å². The average molecular weight is 343 g/mol. The first-order chi connectivity index (χ1) is 10.6. The molecule has 0 aromatic heterocycles. The highest BCUT2D eigenvalue weighted by molar-refractivity contribution is 5.85. The molecule has 2 aliphatic rings. The highest BCUT2D eigenvalue weighted by Gasteiger charge is 2.38. The Morgan fingerprint density at radius 1 is 1.22 bits per heavy atom. The number of hydrogen-bond donors (Lipinski definition) is 2. The van der Waals surface area contributed by atoms with Crippen molar-refractivity contribution in [1.82, 2.24) is 10.2 Å². The number of aliphatic hydroxyl groups is 1. The van der Waals surface area contributed by atoms with Crippen LogP contribution in [0.3, 0.4) is 0 Å². The SMILES string of the molecule is CC(C)(CO)[C@H](c1cccc2c1OCCO2)N1CCNCC1.Cl. The van der Waals surface area contributed by atoms with Crippen molar-refractivity contribution >= 4 is 12.4 Å². The summed E-state index contributed by atoms with van der Waals surface area (Å²) in [5.74, 6) is 1.66. The lowest BCUT2D eigenvalue weighted by Crippen LogP contribution is -2.49. The number of piperazine rings is 1. The monoisotopic (exact) mass is 342 g/mol. The highest BCUT2D eigenvalue weighted by Crippen LogP contribution is 2.46. The number of nitrogens with one attached hydrogen (secondary N) is 1. The van der Waals surface area contributed by atoms with Gasteiger partial charge in [-0.1, -0.05) is 26.0 Å². The Morgan fingerprint density at radius 2 is 1.91 bits per heavy atom. The predicted octanol–water partition coefficient (Wildman–Crippen LogP) is 1.84. The molecule has 0 saturated carbocycles. The van der Waals surface area contributed by atoms with Gasteiger partial charge in [-0.15, -0.1) is 12.4 Å². The molecule has 2 aliphatic heterocycles. The van der Waals surface area contributed by atoms with E-state index in [2.05, 4.69) is 30.1 Å². The normalized spacial score (nSPS) is 19.8. The summed E-state index contributed by atoms with van der Waals surface area (Å²) in [4.78, 5) is 2.44. The summed E-state index contributed by atoms with van der Waals surface area (Å²) in [6, 6.07) is 6.19. The van der Waals surface area contributed by atoms with Gasteiger partial charge in [-0.05, 0) is 6.07 Å². The molecule has 1 aromatic carbocycles. The van der Waals surface area contributed by atoms with E-state index < -0.39 is 0 Å². The quantitative estimate of drug-likeness (QED) is 0.874. The summed E-state index contributed by atoms with van der Waals surface area (Å²) in [6.07, 6.45) is 0. The lowest BCUT2D eigenvalue weighted by atomic mass is 9.79. The van der Waals surface area contributed by atoms with Crippen molar-refractivity contribution in [3.05, 3.63) is 23.8 Å². The summed E-state index contributed by atoms with van der Waals surface area (Å²) in [7, 11) is 0. The largest absolute Gasteiger partial charge is 0.486 e. The van der Waals surface area contributed by atoms with Crippen LogP contribution in [0.25, 0.3) is 0 Å². The summed E-state index contributed by atoms with van der Waals surface area (Å²) in [5.41, 5.74) is 0.867. The Labute approximate surface area is 144 Å². The van der Waals surface area contributed by atoms with Crippen LogP contribution in [-0.2, 0) is 0 Å². The van der Waals surface area contributed by atoms with Gasteiger partial charge in [0.2, 0.25) is 0 Å². The van der Waals surface area contributed by atoms with E-state index in [-0.39, 0.29) is 30.5 Å².